The van der Waals surface area contributed by atoms with Crippen LogP contribution in [0.1, 0.15) is 23.7 Å². The van der Waals surface area contributed by atoms with E-state index in [9.17, 15) is 4.79 Å². The fraction of sp³-hybridized carbons (Fsp3) is 0.312. The van der Waals surface area contributed by atoms with Gasteiger partial charge in [0, 0.05) is 20.1 Å². The molecule has 2 aromatic rings. The quantitative estimate of drug-likeness (QED) is 0.850. The maximum absolute atomic E-state index is 11.8. The van der Waals surface area contributed by atoms with E-state index < -0.39 is 0 Å². The number of methoxy groups -OCH3 is 1. The van der Waals surface area contributed by atoms with Gasteiger partial charge in [-0.1, -0.05) is 30.3 Å². The molecule has 0 aliphatic carbocycles. The van der Waals surface area contributed by atoms with E-state index in [2.05, 4.69) is 5.32 Å². The number of hydrogen-bond donors (Lipinski definition) is 1. The molecule has 2 rings (SSSR count). The highest BCUT2D eigenvalue weighted by Crippen LogP contribution is 2.18. The van der Waals surface area contributed by atoms with Crippen molar-refractivity contribution < 1.29 is 9.53 Å². The summed E-state index contributed by atoms with van der Waals surface area (Å²) in [6, 6.07) is 12.1. The zero-order valence-electron chi connectivity index (χ0n) is 11.5. The van der Waals surface area contributed by atoms with Crippen LogP contribution in [0.5, 0.6) is 0 Å². The molecule has 1 aromatic carbocycles. The summed E-state index contributed by atoms with van der Waals surface area (Å²) in [5.74, 6) is 0.0612. The van der Waals surface area contributed by atoms with Gasteiger partial charge in [0.05, 0.1) is 0 Å². The Bertz CT molecular complexity index is 511. The zero-order valence-corrected chi connectivity index (χ0v) is 12.4. The summed E-state index contributed by atoms with van der Waals surface area (Å²) < 4.78 is 5.40. The third kappa shape index (κ3) is 4.47. The van der Waals surface area contributed by atoms with Crippen LogP contribution in [0.25, 0.3) is 0 Å². The Kier molecular flexibility index (Phi) is 5.77. The second-order valence-corrected chi connectivity index (χ2v) is 5.35. The molecule has 3 nitrogen and oxygen atoms in total. The minimum atomic E-state index is -0.0677. The minimum absolute atomic E-state index is 0.0612. The van der Waals surface area contributed by atoms with Crippen LogP contribution in [0, 0.1) is 0 Å². The highest BCUT2D eigenvalue weighted by atomic mass is 32.1. The summed E-state index contributed by atoms with van der Waals surface area (Å²) >= 11 is 1.63. The summed E-state index contributed by atoms with van der Waals surface area (Å²) in [5.41, 5.74) is 2.30. The average Bonchev–Trinajstić information content (AvgIpc) is 3.01. The van der Waals surface area contributed by atoms with Crippen LogP contribution >= 0.6 is 11.3 Å². The third-order valence-electron chi connectivity index (χ3n) is 3.17. The van der Waals surface area contributed by atoms with Crippen LogP contribution in [-0.4, -0.2) is 19.6 Å². The van der Waals surface area contributed by atoms with Crippen LogP contribution in [0.4, 0.5) is 0 Å². The topological polar surface area (TPSA) is 38.3 Å². The van der Waals surface area contributed by atoms with Crippen molar-refractivity contribution in [1.82, 2.24) is 5.32 Å². The smallest absolute Gasteiger partial charge is 0.220 e. The normalized spacial score (nSPS) is 12.1. The maximum atomic E-state index is 11.8. The molecule has 1 atom stereocenters. The van der Waals surface area contributed by atoms with Crippen LogP contribution < -0.4 is 5.32 Å². The van der Waals surface area contributed by atoms with E-state index in [1.807, 2.05) is 47.2 Å². The number of aryl methyl sites for hydroxylation is 1. The molecule has 1 N–H and O–H groups in total. The van der Waals surface area contributed by atoms with E-state index in [0.717, 1.165) is 12.0 Å². The Morgan fingerprint density at radius 3 is 2.75 bits per heavy atom. The van der Waals surface area contributed by atoms with E-state index in [1.165, 1.54) is 5.56 Å². The lowest BCUT2D eigenvalue weighted by atomic mass is 10.1. The Morgan fingerprint density at radius 2 is 2.10 bits per heavy atom. The zero-order chi connectivity index (χ0) is 14.2. The van der Waals surface area contributed by atoms with Crippen molar-refractivity contribution in [3.63, 3.8) is 0 Å². The molecule has 0 saturated carbocycles. The Hall–Kier alpha value is -1.65. The van der Waals surface area contributed by atoms with Crippen LogP contribution in [0.15, 0.2) is 47.2 Å². The number of carbonyl (C=O) groups excluding carboxylic acids is 1. The predicted octanol–water partition coefficient (Wildman–Crippen LogP) is 3.18. The molecule has 106 valence electrons. The van der Waals surface area contributed by atoms with Gasteiger partial charge in [0.15, 0.2) is 0 Å². The standard InChI is InChI=1S/C16H19NO2S/c1-19-15(14-9-10-20-12-14)11-17-16(18)8-7-13-5-3-2-4-6-13/h2-6,9-10,12,15H,7-8,11H2,1H3,(H,17,18). The molecular formula is C16H19NO2S. The van der Waals surface area contributed by atoms with E-state index in [4.69, 9.17) is 4.74 Å². The molecule has 4 heteroatoms. The minimum Gasteiger partial charge on any atom is -0.375 e. The molecule has 1 aromatic heterocycles. The van der Waals surface area contributed by atoms with E-state index in [0.29, 0.717) is 13.0 Å². The van der Waals surface area contributed by atoms with Crippen LogP contribution in [0.2, 0.25) is 0 Å². The Labute approximate surface area is 123 Å². The summed E-state index contributed by atoms with van der Waals surface area (Å²) in [6.07, 6.45) is 1.20. The van der Waals surface area contributed by atoms with Gasteiger partial charge in [-0.2, -0.15) is 11.3 Å². The van der Waals surface area contributed by atoms with Gasteiger partial charge in [-0.3, -0.25) is 4.79 Å². The van der Waals surface area contributed by atoms with E-state index in [1.54, 1.807) is 18.4 Å². The molecule has 0 radical (unpaired) electrons. The SMILES string of the molecule is COC(CNC(=O)CCc1ccccc1)c1ccsc1. The molecule has 1 amide bonds. The fourth-order valence-electron chi connectivity index (χ4n) is 1.99. The van der Waals surface area contributed by atoms with Crippen molar-refractivity contribution in [2.75, 3.05) is 13.7 Å². The van der Waals surface area contributed by atoms with Crippen molar-refractivity contribution in [1.29, 1.82) is 0 Å². The van der Waals surface area contributed by atoms with Crippen molar-refractivity contribution in [2.45, 2.75) is 18.9 Å². The lowest BCUT2D eigenvalue weighted by molar-refractivity contribution is -0.121. The first-order chi connectivity index (χ1) is 9.79. The summed E-state index contributed by atoms with van der Waals surface area (Å²) in [6.45, 7) is 0.515. The highest BCUT2D eigenvalue weighted by molar-refractivity contribution is 7.07. The van der Waals surface area contributed by atoms with Crippen molar-refractivity contribution >= 4 is 17.2 Å². The second kappa shape index (κ2) is 7.82. The molecule has 0 saturated heterocycles. The van der Waals surface area contributed by atoms with Crippen molar-refractivity contribution in [3.05, 3.63) is 58.3 Å². The first-order valence-corrected chi connectivity index (χ1v) is 7.59. The lowest BCUT2D eigenvalue weighted by Gasteiger charge is -2.15. The summed E-state index contributed by atoms with van der Waals surface area (Å²) in [4.78, 5) is 11.8. The number of thiophene rings is 1. The number of benzene rings is 1. The van der Waals surface area contributed by atoms with Crippen LogP contribution in [0.3, 0.4) is 0 Å². The highest BCUT2D eigenvalue weighted by Gasteiger charge is 2.12. The monoisotopic (exact) mass is 289 g/mol. The summed E-state index contributed by atoms with van der Waals surface area (Å²) in [7, 11) is 1.67. The molecule has 1 unspecified atom stereocenters. The largest absolute Gasteiger partial charge is 0.375 e. The number of carbonyl (C=O) groups is 1. The molecule has 0 aliphatic rings. The van der Waals surface area contributed by atoms with Gasteiger partial charge >= 0.3 is 0 Å². The second-order valence-electron chi connectivity index (χ2n) is 4.57. The first kappa shape index (κ1) is 14.8. The molecule has 0 aliphatic heterocycles. The maximum Gasteiger partial charge on any atom is 0.220 e. The number of hydrogen-bond acceptors (Lipinski definition) is 3. The van der Waals surface area contributed by atoms with Gasteiger partial charge in [-0.25, -0.2) is 0 Å². The van der Waals surface area contributed by atoms with Gasteiger partial charge in [-0.05, 0) is 34.4 Å². The molecule has 0 fully saturated rings. The Morgan fingerprint density at radius 1 is 1.30 bits per heavy atom. The number of nitrogens with one attached hydrogen (secondary N) is 1. The number of ether oxygens (including phenoxy) is 1. The Balaban J connectivity index is 1.74. The van der Waals surface area contributed by atoms with Gasteiger partial charge in [-0.15, -0.1) is 0 Å². The number of rotatable bonds is 7. The summed E-state index contributed by atoms with van der Waals surface area (Å²) in [5, 5.41) is 6.99. The molecule has 0 spiro atoms. The van der Waals surface area contributed by atoms with Crippen LogP contribution in [-0.2, 0) is 16.0 Å². The predicted molar refractivity (Wildman–Crippen MR) is 81.8 cm³/mol. The van der Waals surface area contributed by atoms with E-state index >= 15 is 0 Å². The van der Waals surface area contributed by atoms with Gasteiger partial charge in [0.1, 0.15) is 6.10 Å². The lowest BCUT2D eigenvalue weighted by Crippen LogP contribution is -2.29. The van der Waals surface area contributed by atoms with Crippen molar-refractivity contribution in [2.24, 2.45) is 0 Å². The van der Waals surface area contributed by atoms with E-state index in [-0.39, 0.29) is 12.0 Å². The van der Waals surface area contributed by atoms with Crippen molar-refractivity contribution in [3.8, 4) is 0 Å². The molecule has 1 heterocycles. The molecule has 20 heavy (non-hydrogen) atoms. The number of amides is 1. The average molecular weight is 289 g/mol. The third-order valence-corrected chi connectivity index (χ3v) is 3.87. The van der Waals surface area contributed by atoms with Gasteiger partial charge < -0.3 is 10.1 Å². The van der Waals surface area contributed by atoms with Gasteiger partial charge in [0.2, 0.25) is 5.91 Å². The van der Waals surface area contributed by atoms with Gasteiger partial charge in [0.25, 0.3) is 0 Å². The molecule has 0 bridgehead atoms. The fourth-order valence-corrected chi connectivity index (χ4v) is 2.69. The molecular weight excluding hydrogens is 270 g/mol. The first-order valence-electron chi connectivity index (χ1n) is 6.65.